The molecule has 1 atom stereocenters. The lowest BCUT2D eigenvalue weighted by molar-refractivity contribution is -0.129. The van der Waals surface area contributed by atoms with E-state index in [9.17, 15) is 4.79 Å². The second-order valence-electron chi connectivity index (χ2n) is 3.52. The molecule has 0 bridgehead atoms. The average Bonchev–Trinajstić information content (AvgIpc) is 2.35. The van der Waals surface area contributed by atoms with Gasteiger partial charge in [0.05, 0.1) is 0 Å². The maximum absolute atomic E-state index is 11.0. The van der Waals surface area contributed by atoms with Gasteiger partial charge in [0.1, 0.15) is 6.10 Å². The van der Waals surface area contributed by atoms with Gasteiger partial charge in [-0.25, -0.2) is 0 Å². The molecule has 0 aromatic rings. The van der Waals surface area contributed by atoms with E-state index < -0.39 is 6.10 Å². The first-order chi connectivity index (χ1) is 7.70. The van der Waals surface area contributed by atoms with E-state index in [0.29, 0.717) is 6.04 Å². The van der Waals surface area contributed by atoms with Gasteiger partial charge in [-0.3, -0.25) is 4.79 Å². The van der Waals surface area contributed by atoms with E-state index >= 15 is 0 Å². The van der Waals surface area contributed by atoms with Crippen LogP contribution in [-0.2, 0) is 4.79 Å². The van der Waals surface area contributed by atoms with Crippen molar-refractivity contribution in [2.45, 2.75) is 78.9 Å². The number of carbonyl (C=O) groups excluding carboxylic acids is 1. The first-order valence-corrected chi connectivity index (χ1v) is 6.68. The van der Waals surface area contributed by atoms with Gasteiger partial charge in [-0.15, -0.1) is 0 Å². The average molecular weight is 231 g/mol. The summed E-state index contributed by atoms with van der Waals surface area (Å²) in [5.41, 5.74) is 0. The van der Waals surface area contributed by atoms with Crippen molar-refractivity contribution >= 4 is 5.91 Å². The molecule has 1 aliphatic carbocycles. The Morgan fingerprint density at radius 3 is 1.94 bits per heavy atom. The van der Waals surface area contributed by atoms with Gasteiger partial charge in [-0.1, -0.05) is 47.0 Å². The standard InChI is InChI=1S/C9H17NO2.2C2H6/c1-7(11)9(12)10-8-5-3-2-4-6-8;2*1-2/h7-8,11H,2-6H2,1H3,(H,10,12);2*1-2H3/t7-;;/m1../s1. The van der Waals surface area contributed by atoms with Gasteiger partial charge < -0.3 is 10.4 Å². The van der Waals surface area contributed by atoms with Crippen LogP contribution >= 0.6 is 0 Å². The van der Waals surface area contributed by atoms with Crippen molar-refractivity contribution in [3.05, 3.63) is 0 Å². The molecule has 3 heteroatoms. The van der Waals surface area contributed by atoms with Crippen molar-refractivity contribution in [3.8, 4) is 0 Å². The molecule has 0 heterocycles. The molecule has 0 aromatic heterocycles. The highest BCUT2D eigenvalue weighted by Crippen LogP contribution is 2.17. The third-order valence-corrected chi connectivity index (χ3v) is 2.33. The molecule has 0 aliphatic heterocycles. The Balaban J connectivity index is 0. The lowest BCUT2D eigenvalue weighted by atomic mass is 9.95. The molecule has 1 amide bonds. The highest BCUT2D eigenvalue weighted by atomic mass is 16.3. The molecule has 98 valence electrons. The number of aliphatic hydroxyl groups is 1. The number of rotatable bonds is 2. The van der Waals surface area contributed by atoms with E-state index in [1.807, 2.05) is 27.7 Å². The summed E-state index contributed by atoms with van der Waals surface area (Å²) < 4.78 is 0. The summed E-state index contributed by atoms with van der Waals surface area (Å²) in [6, 6.07) is 0.306. The Morgan fingerprint density at radius 1 is 1.12 bits per heavy atom. The van der Waals surface area contributed by atoms with Gasteiger partial charge in [0.25, 0.3) is 0 Å². The van der Waals surface area contributed by atoms with Gasteiger partial charge in [0, 0.05) is 6.04 Å². The molecular weight excluding hydrogens is 202 g/mol. The molecule has 0 saturated heterocycles. The van der Waals surface area contributed by atoms with Gasteiger partial charge in [-0.2, -0.15) is 0 Å². The lowest BCUT2D eigenvalue weighted by Gasteiger charge is -2.23. The number of hydrogen-bond donors (Lipinski definition) is 2. The summed E-state index contributed by atoms with van der Waals surface area (Å²) in [6.07, 6.45) is 4.94. The minimum Gasteiger partial charge on any atom is -0.384 e. The highest BCUT2D eigenvalue weighted by molar-refractivity contribution is 5.80. The first kappa shape index (κ1) is 17.8. The van der Waals surface area contributed by atoms with Crippen LogP contribution in [0.1, 0.15) is 66.7 Å². The molecule has 3 nitrogen and oxygen atoms in total. The van der Waals surface area contributed by atoms with Crippen LogP contribution in [0.3, 0.4) is 0 Å². The van der Waals surface area contributed by atoms with E-state index in [2.05, 4.69) is 5.32 Å². The summed E-state index contributed by atoms with van der Waals surface area (Å²) in [5.74, 6) is -0.234. The summed E-state index contributed by atoms with van der Waals surface area (Å²) >= 11 is 0. The molecule has 0 radical (unpaired) electrons. The Bertz CT molecular complexity index is 152. The van der Waals surface area contributed by atoms with Gasteiger partial charge in [0.15, 0.2) is 0 Å². The van der Waals surface area contributed by atoms with E-state index in [1.54, 1.807) is 0 Å². The Kier molecular flexibility index (Phi) is 13.9. The minimum atomic E-state index is -0.869. The third kappa shape index (κ3) is 8.72. The number of carbonyl (C=O) groups is 1. The number of hydrogen-bond acceptors (Lipinski definition) is 2. The quantitative estimate of drug-likeness (QED) is 0.767. The summed E-state index contributed by atoms with van der Waals surface area (Å²) in [6.45, 7) is 9.50. The molecule has 2 N–H and O–H groups in total. The second kappa shape index (κ2) is 12.5. The van der Waals surface area contributed by atoms with Crippen molar-refractivity contribution in [2.75, 3.05) is 0 Å². The van der Waals surface area contributed by atoms with Crippen molar-refractivity contribution in [1.29, 1.82) is 0 Å². The topological polar surface area (TPSA) is 49.3 Å². The normalized spacial score (nSPS) is 17.1. The van der Waals surface area contributed by atoms with Crippen molar-refractivity contribution in [2.24, 2.45) is 0 Å². The second-order valence-corrected chi connectivity index (χ2v) is 3.52. The third-order valence-electron chi connectivity index (χ3n) is 2.33. The maximum atomic E-state index is 11.0. The van der Waals surface area contributed by atoms with Gasteiger partial charge in [0.2, 0.25) is 5.91 Å². The smallest absolute Gasteiger partial charge is 0.248 e. The van der Waals surface area contributed by atoms with E-state index in [4.69, 9.17) is 5.11 Å². The maximum Gasteiger partial charge on any atom is 0.248 e. The summed E-state index contributed by atoms with van der Waals surface area (Å²) in [4.78, 5) is 11.0. The molecule has 1 rings (SSSR count). The van der Waals surface area contributed by atoms with Crippen LogP contribution in [0.5, 0.6) is 0 Å². The van der Waals surface area contributed by atoms with Gasteiger partial charge in [-0.05, 0) is 19.8 Å². The van der Waals surface area contributed by atoms with Gasteiger partial charge >= 0.3 is 0 Å². The number of aliphatic hydroxyl groups excluding tert-OH is 1. The van der Waals surface area contributed by atoms with E-state index in [-0.39, 0.29) is 5.91 Å². The predicted molar refractivity (Wildman–Crippen MR) is 69.4 cm³/mol. The molecule has 0 spiro atoms. The van der Waals surface area contributed by atoms with Crippen molar-refractivity contribution < 1.29 is 9.90 Å². The van der Waals surface area contributed by atoms with Crippen molar-refractivity contribution in [3.63, 3.8) is 0 Å². The Hall–Kier alpha value is -0.570. The Labute approximate surface area is 101 Å². The largest absolute Gasteiger partial charge is 0.384 e. The van der Waals surface area contributed by atoms with Crippen LogP contribution in [0.15, 0.2) is 0 Å². The number of nitrogens with one attached hydrogen (secondary N) is 1. The van der Waals surface area contributed by atoms with Crippen LogP contribution in [0.25, 0.3) is 0 Å². The van der Waals surface area contributed by atoms with Crippen LogP contribution in [-0.4, -0.2) is 23.2 Å². The van der Waals surface area contributed by atoms with E-state index in [1.165, 1.54) is 26.2 Å². The molecule has 0 unspecified atom stereocenters. The zero-order valence-corrected chi connectivity index (χ0v) is 11.5. The summed E-state index contributed by atoms with van der Waals surface area (Å²) in [7, 11) is 0. The van der Waals surface area contributed by atoms with Crippen LogP contribution in [0.2, 0.25) is 0 Å². The fraction of sp³-hybridized carbons (Fsp3) is 0.923. The van der Waals surface area contributed by atoms with Crippen LogP contribution in [0, 0.1) is 0 Å². The molecule has 1 aliphatic rings. The number of amides is 1. The predicted octanol–water partition coefficient (Wildman–Crippen LogP) is 2.87. The van der Waals surface area contributed by atoms with Crippen molar-refractivity contribution in [1.82, 2.24) is 5.32 Å². The zero-order valence-electron chi connectivity index (χ0n) is 11.5. The monoisotopic (exact) mass is 231 g/mol. The zero-order chi connectivity index (χ0) is 13.0. The summed E-state index contributed by atoms with van der Waals surface area (Å²) in [5, 5.41) is 11.8. The minimum absolute atomic E-state index is 0.234. The molecule has 16 heavy (non-hydrogen) atoms. The van der Waals surface area contributed by atoms with Crippen LogP contribution in [0.4, 0.5) is 0 Å². The van der Waals surface area contributed by atoms with E-state index in [0.717, 1.165) is 12.8 Å². The van der Waals surface area contributed by atoms with Crippen LogP contribution < -0.4 is 5.32 Å². The fourth-order valence-electron chi connectivity index (χ4n) is 1.57. The highest BCUT2D eigenvalue weighted by Gasteiger charge is 2.17. The fourth-order valence-corrected chi connectivity index (χ4v) is 1.57. The molecule has 1 fully saturated rings. The first-order valence-electron chi connectivity index (χ1n) is 6.68. The molecule has 1 saturated carbocycles. The lowest BCUT2D eigenvalue weighted by Crippen LogP contribution is -2.41. The molecule has 0 aromatic carbocycles. The Morgan fingerprint density at radius 2 is 1.56 bits per heavy atom. The SMILES string of the molecule is CC.CC.C[C@@H](O)C(=O)NC1CCCCC1. The molecular formula is C13H29NO2.